The second kappa shape index (κ2) is 6.54. The van der Waals surface area contributed by atoms with Crippen molar-refractivity contribution in [2.24, 2.45) is 0 Å². The smallest absolute Gasteiger partial charge is 0.103 e. The molecule has 2 N–H and O–H groups in total. The van der Waals surface area contributed by atoms with Gasteiger partial charge >= 0.3 is 0 Å². The Morgan fingerprint density at radius 3 is 2.61 bits per heavy atom. The zero-order valence-corrected chi connectivity index (χ0v) is 14.1. The van der Waals surface area contributed by atoms with Gasteiger partial charge in [0.2, 0.25) is 0 Å². The maximum atomic E-state index is 11.0. The fraction of sp³-hybridized carbons (Fsp3) is 0.700. The van der Waals surface area contributed by atoms with Crippen LogP contribution in [-0.2, 0) is 12.0 Å². The fourth-order valence-corrected chi connectivity index (χ4v) is 4.90. The molecule has 1 aliphatic heterocycles. The molecule has 1 aromatic rings. The molecule has 3 heteroatoms. The first kappa shape index (κ1) is 15.6. The summed E-state index contributed by atoms with van der Waals surface area (Å²) in [7, 11) is 0. The lowest BCUT2D eigenvalue weighted by Crippen LogP contribution is -2.48. The number of nitrogens with zero attached hydrogens (tertiary/aromatic N) is 1. The Labute approximate surface area is 140 Å². The third kappa shape index (κ3) is 3.19. The number of fused-ring (bicyclic) bond motifs is 1. The normalized spacial score (nSPS) is 30.0. The minimum atomic E-state index is -0.654. The number of nitrogens with one attached hydrogen (secondary N) is 1. The fourth-order valence-electron chi connectivity index (χ4n) is 4.90. The van der Waals surface area contributed by atoms with Gasteiger partial charge < -0.3 is 15.3 Å². The van der Waals surface area contributed by atoms with Crippen molar-refractivity contribution < 1.29 is 5.11 Å². The zero-order chi connectivity index (χ0) is 15.7. The van der Waals surface area contributed by atoms with Crippen LogP contribution in [0.5, 0.6) is 0 Å². The predicted octanol–water partition coefficient (Wildman–Crippen LogP) is 2.82. The first-order chi connectivity index (χ1) is 11.2. The van der Waals surface area contributed by atoms with Gasteiger partial charge in [-0.25, -0.2) is 0 Å². The lowest BCUT2D eigenvalue weighted by Gasteiger charge is -2.37. The molecule has 0 amide bonds. The van der Waals surface area contributed by atoms with E-state index in [-0.39, 0.29) is 0 Å². The lowest BCUT2D eigenvalue weighted by molar-refractivity contribution is 0.0318. The average molecular weight is 314 g/mol. The lowest BCUT2D eigenvalue weighted by atomic mass is 9.94. The molecule has 4 rings (SSSR count). The van der Waals surface area contributed by atoms with Crippen LogP contribution in [0, 0.1) is 0 Å². The number of aryl methyl sites for hydroxylation is 1. The van der Waals surface area contributed by atoms with Crippen molar-refractivity contribution in [1.82, 2.24) is 10.2 Å². The molecule has 1 unspecified atom stereocenters. The van der Waals surface area contributed by atoms with Crippen LogP contribution in [0.2, 0.25) is 0 Å². The van der Waals surface area contributed by atoms with Gasteiger partial charge in [0.1, 0.15) is 5.60 Å². The molecule has 0 radical (unpaired) electrons. The highest BCUT2D eigenvalue weighted by atomic mass is 16.3. The maximum Gasteiger partial charge on any atom is 0.103 e. The number of rotatable bonds is 4. The van der Waals surface area contributed by atoms with Crippen molar-refractivity contribution in [2.75, 3.05) is 19.6 Å². The van der Waals surface area contributed by atoms with E-state index in [0.717, 1.165) is 24.4 Å². The first-order valence-corrected chi connectivity index (χ1v) is 9.53. The van der Waals surface area contributed by atoms with Crippen molar-refractivity contribution in [3.05, 3.63) is 35.4 Å². The molecule has 126 valence electrons. The third-order valence-corrected chi connectivity index (χ3v) is 6.38. The van der Waals surface area contributed by atoms with Crippen molar-refractivity contribution in [1.29, 1.82) is 0 Å². The second-order valence-corrected chi connectivity index (χ2v) is 7.82. The van der Waals surface area contributed by atoms with Gasteiger partial charge in [0.05, 0.1) is 0 Å². The SMILES string of the molecule is OC1(CNC2CCN(C3CCCC3)CC2)CCc2ccccc21. The van der Waals surface area contributed by atoms with Crippen molar-refractivity contribution >= 4 is 0 Å². The second-order valence-electron chi connectivity index (χ2n) is 7.82. The first-order valence-electron chi connectivity index (χ1n) is 9.53. The van der Waals surface area contributed by atoms with Crippen LogP contribution in [0.3, 0.4) is 0 Å². The van der Waals surface area contributed by atoms with Gasteiger partial charge in [0.15, 0.2) is 0 Å². The Morgan fingerprint density at radius 2 is 1.83 bits per heavy atom. The molecule has 1 aromatic carbocycles. The minimum Gasteiger partial charge on any atom is -0.384 e. The molecule has 2 aliphatic carbocycles. The summed E-state index contributed by atoms with van der Waals surface area (Å²) in [6, 6.07) is 9.83. The topological polar surface area (TPSA) is 35.5 Å². The minimum absolute atomic E-state index is 0.574. The summed E-state index contributed by atoms with van der Waals surface area (Å²) < 4.78 is 0. The number of aliphatic hydroxyl groups is 1. The Morgan fingerprint density at radius 1 is 1.09 bits per heavy atom. The predicted molar refractivity (Wildman–Crippen MR) is 93.5 cm³/mol. The van der Waals surface area contributed by atoms with Gasteiger partial charge in [-0.05, 0) is 62.7 Å². The summed E-state index contributed by atoms with van der Waals surface area (Å²) in [6.07, 6.45) is 10.0. The van der Waals surface area contributed by atoms with E-state index in [9.17, 15) is 5.11 Å². The van der Waals surface area contributed by atoms with Gasteiger partial charge in [-0.2, -0.15) is 0 Å². The van der Waals surface area contributed by atoms with E-state index in [1.807, 2.05) is 0 Å². The van der Waals surface area contributed by atoms with E-state index < -0.39 is 5.60 Å². The van der Waals surface area contributed by atoms with Gasteiger partial charge in [-0.15, -0.1) is 0 Å². The molecular formula is C20H30N2O. The van der Waals surface area contributed by atoms with Crippen LogP contribution in [0.15, 0.2) is 24.3 Å². The van der Waals surface area contributed by atoms with Gasteiger partial charge in [-0.1, -0.05) is 37.1 Å². The van der Waals surface area contributed by atoms with Crippen LogP contribution >= 0.6 is 0 Å². The highest BCUT2D eigenvalue weighted by Crippen LogP contribution is 2.36. The van der Waals surface area contributed by atoms with E-state index in [0.29, 0.717) is 12.6 Å². The standard InChI is InChI=1S/C20H30N2O/c23-20(12-9-16-5-1-4-8-19(16)20)15-21-17-10-13-22(14-11-17)18-6-2-3-7-18/h1,4-5,8,17-18,21,23H,2-3,6-7,9-15H2. The van der Waals surface area contributed by atoms with Crippen LogP contribution < -0.4 is 5.32 Å². The summed E-state index contributed by atoms with van der Waals surface area (Å²) >= 11 is 0. The molecule has 23 heavy (non-hydrogen) atoms. The number of hydrogen-bond donors (Lipinski definition) is 2. The Kier molecular flexibility index (Phi) is 4.44. The van der Waals surface area contributed by atoms with Crippen molar-refractivity contribution in [3.63, 3.8) is 0 Å². The van der Waals surface area contributed by atoms with Gasteiger partial charge in [-0.3, -0.25) is 0 Å². The molecule has 3 nitrogen and oxygen atoms in total. The van der Waals surface area contributed by atoms with E-state index >= 15 is 0 Å². The van der Waals surface area contributed by atoms with E-state index in [1.165, 1.54) is 57.2 Å². The zero-order valence-electron chi connectivity index (χ0n) is 14.1. The molecule has 2 fully saturated rings. The van der Waals surface area contributed by atoms with Crippen molar-refractivity contribution in [3.8, 4) is 0 Å². The number of likely N-dealkylation sites (tertiary alicyclic amines) is 1. The summed E-state index contributed by atoms with van der Waals surface area (Å²) in [5, 5.41) is 14.7. The summed E-state index contributed by atoms with van der Waals surface area (Å²) in [6.45, 7) is 3.17. The number of piperidine rings is 1. The van der Waals surface area contributed by atoms with Gasteiger partial charge in [0.25, 0.3) is 0 Å². The molecule has 1 saturated heterocycles. The molecule has 1 saturated carbocycles. The average Bonchev–Trinajstić information content (AvgIpc) is 3.23. The van der Waals surface area contributed by atoms with E-state index in [2.05, 4.69) is 34.5 Å². The summed E-state index contributed by atoms with van der Waals surface area (Å²) in [4.78, 5) is 2.71. The molecular weight excluding hydrogens is 284 g/mol. The summed E-state index contributed by atoms with van der Waals surface area (Å²) in [5.74, 6) is 0. The van der Waals surface area contributed by atoms with Crippen LogP contribution in [0.1, 0.15) is 56.1 Å². The maximum absolute atomic E-state index is 11.0. The van der Waals surface area contributed by atoms with Crippen LogP contribution in [-0.4, -0.2) is 41.7 Å². The Bertz CT molecular complexity index is 532. The van der Waals surface area contributed by atoms with E-state index in [1.54, 1.807) is 0 Å². The van der Waals surface area contributed by atoms with Crippen LogP contribution in [0.25, 0.3) is 0 Å². The van der Waals surface area contributed by atoms with E-state index in [4.69, 9.17) is 0 Å². The third-order valence-electron chi connectivity index (χ3n) is 6.38. The molecule has 0 spiro atoms. The molecule has 1 heterocycles. The van der Waals surface area contributed by atoms with Crippen LogP contribution in [0.4, 0.5) is 0 Å². The largest absolute Gasteiger partial charge is 0.384 e. The highest BCUT2D eigenvalue weighted by Gasteiger charge is 2.37. The molecule has 0 bridgehead atoms. The van der Waals surface area contributed by atoms with Crippen molar-refractivity contribution in [2.45, 2.75) is 69.1 Å². The number of hydrogen-bond acceptors (Lipinski definition) is 3. The molecule has 1 atom stereocenters. The molecule has 3 aliphatic rings. The van der Waals surface area contributed by atoms with Gasteiger partial charge in [0, 0.05) is 18.6 Å². The number of benzene rings is 1. The molecule has 0 aromatic heterocycles. The quantitative estimate of drug-likeness (QED) is 0.897. The Hall–Kier alpha value is -0.900. The monoisotopic (exact) mass is 314 g/mol. The highest BCUT2D eigenvalue weighted by molar-refractivity contribution is 5.37. The Balaban J connectivity index is 1.29. The summed E-state index contributed by atoms with van der Waals surface area (Å²) in [5.41, 5.74) is 1.82.